The molecule has 2 heterocycles. The molecule has 0 saturated carbocycles. The van der Waals surface area contributed by atoms with E-state index in [1.54, 1.807) is 10.6 Å². The van der Waals surface area contributed by atoms with Gasteiger partial charge in [-0.1, -0.05) is 23.2 Å². The van der Waals surface area contributed by atoms with Gasteiger partial charge in [0.2, 0.25) is 0 Å². The van der Waals surface area contributed by atoms with Crippen LogP contribution >= 0.6 is 23.2 Å². The maximum Gasteiger partial charge on any atom is 0.149 e. The van der Waals surface area contributed by atoms with Crippen LogP contribution in [0.25, 0.3) is 5.52 Å². The van der Waals surface area contributed by atoms with Crippen molar-refractivity contribution < 1.29 is 5.11 Å². The van der Waals surface area contributed by atoms with Crippen molar-refractivity contribution in [1.29, 1.82) is 0 Å². The van der Waals surface area contributed by atoms with Crippen molar-refractivity contribution in [2.45, 2.75) is 6.42 Å². The number of fused-ring (bicyclic) bond motifs is 1. The molecule has 0 saturated heterocycles. The van der Waals surface area contributed by atoms with Gasteiger partial charge in [-0.3, -0.25) is 0 Å². The molecule has 2 aromatic rings. The van der Waals surface area contributed by atoms with E-state index in [0.717, 1.165) is 11.2 Å². The minimum absolute atomic E-state index is 0.0786. The largest absolute Gasteiger partial charge is 0.396 e. The predicted molar refractivity (Wildman–Crippen MR) is 56.0 cm³/mol. The standard InChI is InChI=1S/C9H8Cl2N2O/c10-8-2-1-7-5-6(3-4-14)12-13(7)9(8)11/h1-2,5,14H,3-4H2. The summed E-state index contributed by atoms with van der Waals surface area (Å²) in [4.78, 5) is 0. The van der Waals surface area contributed by atoms with Gasteiger partial charge < -0.3 is 5.11 Å². The molecule has 1 N–H and O–H groups in total. The number of hydrogen-bond acceptors (Lipinski definition) is 2. The lowest BCUT2D eigenvalue weighted by Crippen LogP contribution is -1.93. The van der Waals surface area contributed by atoms with Gasteiger partial charge in [-0.05, 0) is 18.2 Å². The SMILES string of the molecule is OCCc1cc2ccc(Cl)c(Cl)n2n1. The molecule has 74 valence electrons. The quantitative estimate of drug-likeness (QED) is 0.804. The van der Waals surface area contributed by atoms with Crippen LogP contribution in [0.4, 0.5) is 0 Å². The highest BCUT2D eigenvalue weighted by Crippen LogP contribution is 2.23. The van der Waals surface area contributed by atoms with E-state index in [-0.39, 0.29) is 6.61 Å². The second-order valence-electron chi connectivity index (χ2n) is 2.92. The minimum atomic E-state index is 0.0786. The number of aliphatic hydroxyl groups is 1. The fourth-order valence-corrected chi connectivity index (χ4v) is 1.63. The van der Waals surface area contributed by atoms with Crippen LogP contribution in [0.15, 0.2) is 18.2 Å². The fraction of sp³-hybridized carbons (Fsp3) is 0.222. The third kappa shape index (κ3) is 1.59. The van der Waals surface area contributed by atoms with Crippen molar-refractivity contribution in [2.24, 2.45) is 0 Å². The molecule has 0 radical (unpaired) electrons. The minimum Gasteiger partial charge on any atom is -0.396 e. The van der Waals surface area contributed by atoms with Gasteiger partial charge in [0.25, 0.3) is 0 Å². The number of rotatable bonds is 2. The van der Waals surface area contributed by atoms with Crippen LogP contribution in [0, 0.1) is 0 Å². The van der Waals surface area contributed by atoms with Gasteiger partial charge in [0.1, 0.15) is 5.15 Å². The zero-order valence-corrected chi connectivity index (χ0v) is 8.76. The summed E-state index contributed by atoms with van der Waals surface area (Å²) in [5.74, 6) is 0. The summed E-state index contributed by atoms with van der Waals surface area (Å²) in [5.41, 5.74) is 1.68. The highest BCUT2D eigenvalue weighted by atomic mass is 35.5. The van der Waals surface area contributed by atoms with E-state index in [0.29, 0.717) is 16.6 Å². The molecule has 0 bridgehead atoms. The Morgan fingerprint density at radius 2 is 2.14 bits per heavy atom. The van der Waals surface area contributed by atoms with Gasteiger partial charge in [0.05, 0.1) is 16.2 Å². The fourth-order valence-electron chi connectivity index (χ4n) is 1.29. The number of hydrogen-bond donors (Lipinski definition) is 1. The molecule has 0 aliphatic heterocycles. The molecule has 14 heavy (non-hydrogen) atoms. The molecule has 5 heteroatoms. The van der Waals surface area contributed by atoms with Gasteiger partial charge in [-0.15, -0.1) is 0 Å². The normalized spacial score (nSPS) is 11.1. The van der Waals surface area contributed by atoms with E-state index in [4.69, 9.17) is 28.3 Å². The van der Waals surface area contributed by atoms with Crippen molar-refractivity contribution in [2.75, 3.05) is 6.61 Å². The first-order chi connectivity index (χ1) is 6.72. The summed E-state index contributed by atoms with van der Waals surface area (Å²) in [6.07, 6.45) is 0.523. The highest BCUT2D eigenvalue weighted by Gasteiger charge is 2.06. The lowest BCUT2D eigenvalue weighted by molar-refractivity contribution is 0.298. The van der Waals surface area contributed by atoms with Gasteiger partial charge in [0.15, 0.2) is 0 Å². The Labute approximate surface area is 90.9 Å². The van der Waals surface area contributed by atoms with E-state index in [2.05, 4.69) is 5.10 Å². The lowest BCUT2D eigenvalue weighted by atomic mass is 10.3. The van der Waals surface area contributed by atoms with Gasteiger partial charge >= 0.3 is 0 Å². The Morgan fingerprint density at radius 1 is 1.36 bits per heavy atom. The Kier molecular flexibility index (Phi) is 2.63. The van der Waals surface area contributed by atoms with Crippen LogP contribution in [0.2, 0.25) is 10.2 Å². The van der Waals surface area contributed by atoms with Gasteiger partial charge in [0, 0.05) is 13.0 Å². The molecule has 0 spiro atoms. The smallest absolute Gasteiger partial charge is 0.149 e. The molecule has 0 atom stereocenters. The van der Waals surface area contributed by atoms with Crippen LogP contribution in [-0.2, 0) is 6.42 Å². The second kappa shape index (κ2) is 3.77. The van der Waals surface area contributed by atoms with Crippen molar-refractivity contribution >= 4 is 28.7 Å². The first-order valence-electron chi connectivity index (χ1n) is 4.16. The Bertz CT molecular complexity index is 467. The average Bonchev–Trinajstić information content (AvgIpc) is 2.56. The van der Waals surface area contributed by atoms with Crippen molar-refractivity contribution in [3.63, 3.8) is 0 Å². The van der Waals surface area contributed by atoms with Crippen LogP contribution < -0.4 is 0 Å². The molecular weight excluding hydrogens is 223 g/mol. The predicted octanol–water partition coefficient (Wildman–Crippen LogP) is 2.18. The van der Waals surface area contributed by atoms with Crippen LogP contribution in [-0.4, -0.2) is 21.3 Å². The zero-order valence-electron chi connectivity index (χ0n) is 7.24. The zero-order chi connectivity index (χ0) is 10.1. The highest BCUT2D eigenvalue weighted by molar-refractivity contribution is 6.41. The van der Waals surface area contributed by atoms with Gasteiger partial charge in [-0.25, -0.2) is 4.52 Å². The molecule has 2 aromatic heterocycles. The van der Waals surface area contributed by atoms with Crippen LogP contribution in [0.1, 0.15) is 5.69 Å². The molecule has 2 rings (SSSR count). The molecule has 0 fully saturated rings. The van der Waals surface area contributed by atoms with Crippen molar-refractivity contribution in [3.8, 4) is 0 Å². The molecular formula is C9H8Cl2N2O. The average molecular weight is 231 g/mol. The van der Waals surface area contributed by atoms with E-state index < -0.39 is 0 Å². The maximum atomic E-state index is 8.76. The summed E-state index contributed by atoms with van der Waals surface area (Å²) in [6, 6.07) is 5.43. The van der Waals surface area contributed by atoms with Crippen molar-refractivity contribution in [3.05, 3.63) is 34.1 Å². The molecule has 0 aliphatic rings. The van der Waals surface area contributed by atoms with Crippen molar-refractivity contribution in [1.82, 2.24) is 9.61 Å². The number of aromatic nitrogens is 2. The second-order valence-corrected chi connectivity index (χ2v) is 3.68. The topological polar surface area (TPSA) is 37.5 Å². The first kappa shape index (κ1) is 9.77. The van der Waals surface area contributed by atoms with E-state index >= 15 is 0 Å². The third-order valence-corrected chi connectivity index (χ3v) is 2.70. The molecule has 0 aromatic carbocycles. The Balaban J connectivity index is 2.59. The van der Waals surface area contributed by atoms with Crippen LogP contribution in [0.5, 0.6) is 0 Å². The number of halogens is 2. The Hall–Kier alpha value is -0.770. The summed E-state index contributed by atoms with van der Waals surface area (Å²) in [5, 5.41) is 13.8. The molecule has 0 aliphatic carbocycles. The number of nitrogens with zero attached hydrogens (tertiary/aromatic N) is 2. The number of pyridine rings is 1. The lowest BCUT2D eigenvalue weighted by Gasteiger charge is -1.97. The summed E-state index contributed by atoms with van der Waals surface area (Å²) in [6.45, 7) is 0.0786. The first-order valence-corrected chi connectivity index (χ1v) is 4.91. The van der Waals surface area contributed by atoms with E-state index in [1.165, 1.54) is 0 Å². The maximum absolute atomic E-state index is 8.76. The monoisotopic (exact) mass is 230 g/mol. The van der Waals surface area contributed by atoms with E-state index in [1.807, 2.05) is 12.1 Å². The summed E-state index contributed by atoms with van der Waals surface area (Å²) in [7, 11) is 0. The summed E-state index contributed by atoms with van der Waals surface area (Å²) >= 11 is 11.8. The number of aliphatic hydroxyl groups excluding tert-OH is 1. The molecule has 0 unspecified atom stereocenters. The van der Waals surface area contributed by atoms with Gasteiger partial charge in [-0.2, -0.15) is 5.10 Å². The summed E-state index contributed by atoms with van der Waals surface area (Å²) < 4.78 is 1.56. The third-order valence-electron chi connectivity index (χ3n) is 1.94. The Morgan fingerprint density at radius 3 is 2.86 bits per heavy atom. The van der Waals surface area contributed by atoms with E-state index in [9.17, 15) is 0 Å². The van der Waals surface area contributed by atoms with Crippen LogP contribution in [0.3, 0.4) is 0 Å². The molecule has 3 nitrogen and oxygen atoms in total. The molecule has 0 amide bonds.